The molecule has 1 unspecified atom stereocenters. The fourth-order valence-electron chi connectivity index (χ4n) is 2.04. The first-order chi connectivity index (χ1) is 10.5. The van der Waals surface area contributed by atoms with E-state index in [-0.39, 0.29) is 17.9 Å². The van der Waals surface area contributed by atoms with Crippen LogP contribution >= 0.6 is 11.3 Å². The molecule has 0 aliphatic rings. The molecule has 0 saturated heterocycles. The number of fused-ring (bicyclic) bond motifs is 1. The van der Waals surface area contributed by atoms with Crippen LogP contribution in [0.1, 0.15) is 39.2 Å². The van der Waals surface area contributed by atoms with Gasteiger partial charge in [0.1, 0.15) is 0 Å². The van der Waals surface area contributed by atoms with E-state index in [9.17, 15) is 9.59 Å². The number of carbonyl (C=O) groups excluding carboxylic acids is 2. The molecule has 1 aromatic carbocycles. The van der Waals surface area contributed by atoms with Gasteiger partial charge in [-0.3, -0.25) is 9.59 Å². The average Bonchev–Trinajstić information content (AvgIpc) is 2.85. The zero-order valence-electron chi connectivity index (χ0n) is 13.1. The van der Waals surface area contributed by atoms with E-state index in [1.54, 1.807) is 0 Å². The van der Waals surface area contributed by atoms with Crippen LogP contribution in [-0.4, -0.2) is 22.8 Å². The van der Waals surface area contributed by atoms with Gasteiger partial charge in [-0.25, -0.2) is 4.98 Å². The Bertz CT molecular complexity index is 681. The minimum Gasteiger partial charge on any atom is -0.354 e. The van der Waals surface area contributed by atoms with Gasteiger partial charge in [-0.15, -0.1) is 0 Å². The van der Waals surface area contributed by atoms with Gasteiger partial charge < -0.3 is 10.6 Å². The molecule has 6 heteroatoms. The van der Waals surface area contributed by atoms with Crippen molar-refractivity contribution >= 4 is 38.5 Å². The number of amides is 2. The van der Waals surface area contributed by atoms with Crippen LogP contribution in [0.5, 0.6) is 0 Å². The zero-order chi connectivity index (χ0) is 16.1. The molecule has 0 aliphatic carbocycles. The molecule has 1 aromatic heterocycles. The molecule has 5 nitrogen and oxygen atoms in total. The second-order valence-corrected chi connectivity index (χ2v) is 6.41. The van der Waals surface area contributed by atoms with Gasteiger partial charge in [0.15, 0.2) is 5.13 Å². The number of aryl methyl sites for hydroxylation is 1. The average molecular weight is 319 g/mol. The highest BCUT2D eigenvalue weighted by molar-refractivity contribution is 7.22. The van der Waals surface area contributed by atoms with Crippen molar-refractivity contribution in [3.05, 3.63) is 23.8 Å². The maximum Gasteiger partial charge on any atom is 0.223 e. The van der Waals surface area contributed by atoms with Crippen LogP contribution in [0.2, 0.25) is 0 Å². The molecule has 118 valence electrons. The third-order valence-electron chi connectivity index (χ3n) is 3.40. The summed E-state index contributed by atoms with van der Waals surface area (Å²) in [5.41, 5.74) is 1.96. The molecule has 1 heterocycles. The second kappa shape index (κ2) is 7.35. The Balaban J connectivity index is 2.00. The summed E-state index contributed by atoms with van der Waals surface area (Å²) in [5, 5.41) is 6.27. The summed E-state index contributed by atoms with van der Waals surface area (Å²) in [7, 11) is 0. The molecule has 0 aliphatic heterocycles. The summed E-state index contributed by atoms with van der Waals surface area (Å²) in [6, 6.07) is 6.17. The molecule has 0 radical (unpaired) electrons. The number of hydrogen-bond acceptors (Lipinski definition) is 4. The van der Waals surface area contributed by atoms with Gasteiger partial charge >= 0.3 is 0 Å². The number of thiazole rings is 1. The molecule has 2 N–H and O–H groups in total. The van der Waals surface area contributed by atoms with E-state index in [1.165, 1.54) is 18.3 Å². The molecule has 1 atom stereocenters. The maximum atomic E-state index is 11.8. The SMILES string of the molecule is CCC(C)NC(=O)CCc1ccc2nc(NC(C)=O)sc2c1. The molecule has 0 bridgehead atoms. The summed E-state index contributed by atoms with van der Waals surface area (Å²) in [6.45, 7) is 5.52. The Morgan fingerprint density at radius 2 is 2.14 bits per heavy atom. The van der Waals surface area contributed by atoms with Gasteiger partial charge in [0, 0.05) is 19.4 Å². The third kappa shape index (κ3) is 4.53. The van der Waals surface area contributed by atoms with Gasteiger partial charge in [-0.05, 0) is 37.5 Å². The number of hydrogen-bond donors (Lipinski definition) is 2. The van der Waals surface area contributed by atoms with Crippen LogP contribution in [0.4, 0.5) is 5.13 Å². The van der Waals surface area contributed by atoms with Crippen molar-refractivity contribution in [2.45, 2.75) is 46.1 Å². The number of aromatic nitrogens is 1. The molecule has 2 amide bonds. The molecule has 0 spiro atoms. The van der Waals surface area contributed by atoms with E-state index in [4.69, 9.17) is 0 Å². The molecule has 2 rings (SSSR count). The minimum absolute atomic E-state index is 0.0812. The second-order valence-electron chi connectivity index (χ2n) is 5.38. The molecule has 0 fully saturated rings. The normalized spacial score (nSPS) is 12.1. The topological polar surface area (TPSA) is 71.1 Å². The lowest BCUT2D eigenvalue weighted by Gasteiger charge is -2.11. The Kier molecular flexibility index (Phi) is 5.49. The molecular formula is C16H21N3O2S. The van der Waals surface area contributed by atoms with Crippen molar-refractivity contribution in [1.82, 2.24) is 10.3 Å². The number of rotatable bonds is 6. The van der Waals surface area contributed by atoms with Crippen LogP contribution in [-0.2, 0) is 16.0 Å². The van der Waals surface area contributed by atoms with Crippen LogP contribution < -0.4 is 10.6 Å². The first-order valence-corrected chi connectivity index (χ1v) is 8.26. The maximum absolute atomic E-state index is 11.8. The van der Waals surface area contributed by atoms with Crippen molar-refractivity contribution < 1.29 is 9.59 Å². The quantitative estimate of drug-likeness (QED) is 0.859. The van der Waals surface area contributed by atoms with Crippen molar-refractivity contribution in [2.24, 2.45) is 0 Å². The van der Waals surface area contributed by atoms with E-state index in [0.717, 1.165) is 22.2 Å². The molecule has 22 heavy (non-hydrogen) atoms. The fraction of sp³-hybridized carbons (Fsp3) is 0.438. The van der Waals surface area contributed by atoms with Gasteiger partial charge in [0.25, 0.3) is 0 Å². The van der Waals surface area contributed by atoms with Crippen LogP contribution in [0, 0.1) is 0 Å². The van der Waals surface area contributed by atoms with Crippen molar-refractivity contribution in [2.75, 3.05) is 5.32 Å². The number of benzene rings is 1. The Hall–Kier alpha value is -1.95. The van der Waals surface area contributed by atoms with E-state index < -0.39 is 0 Å². The van der Waals surface area contributed by atoms with Gasteiger partial charge in [0.05, 0.1) is 10.2 Å². The van der Waals surface area contributed by atoms with Gasteiger partial charge in [0.2, 0.25) is 11.8 Å². The van der Waals surface area contributed by atoms with Gasteiger partial charge in [-0.2, -0.15) is 0 Å². The van der Waals surface area contributed by atoms with E-state index in [2.05, 4.69) is 22.5 Å². The van der Waals surface area contributed by atoms with Gasteiger partial charge in [-0.1, -0.05) is 24.3 Å². The van der Waals surface area contributed by atoms with E-state index >= 15 is 0 Å². The summed E-state index contributed by atoms with van der Waals surface area (Å²) in [5.74, 6) is -0.0429. The highest BCUT2D eigenvalue weighted by Gasteiger charge is 2.08. The number of nitrogens with zero attached hydrogens (tertiary/aromatic N) is 1. The Morgan fingerprint density at radius 1 is 1.36 bits per heavy atom. The lowest BCUT2D eigenvalue weighted by molar-refractivity contribution is -0.121. The van der Waals surface area contributed by atoms with E-state index in [1.807, 2.05) is 25.1 Å². The Morgan fingerprint density at radius 3 is 2.82 bits per heavy atom. The standard InChI is InChI=1S/C16H21N3O2S/c1-4-10(2)17-15(21)8-6-12-5-7-13-14(9-12)22-16(19-13)18-11(3)20/h5,7,9-10H,4,6,8H2,1-3H3,(H,17,21)(H,18,19,20). The highest BCUT2D eigenvalue weighted by atomic mass is 32.1. The molecular weight excluding hydrogens is 298 g/mol. The van der Waals surface area contributed by atoms with Crippen molar-refractivity contribution in [3.63, 3.8) is 0 Å². The first kappa shape index (κ1) is 16.4. The smallest absolute Gasteiger partial charge is 0.223 e. The Labute approximate surface area is 134 Å². The monoisotopic (exact) mass is 319 g/mol. The van der Waals surface area contributed by atoms with Crippen molar-refractivity contribution in [3.8, 4) is 0 Å². The number of anilines is 1. The predicted molar refractivity (Wildman–Crippen MR) is 90.1 cm³/mol. The van der Waals surface area contributed by atoms with Crippen molar-refractivity contribution in [1.29, 1.82) is 0 Å². The zero-order valence-corrected chi connectivity index (χ0v) is 13.9. The summed E-state index contributed by atoms with van der Waals surface area (Å²) < 4.78 is 1.02. The first-order valence-electron chi connectivity index (χ1n) is 7.44. The van der Waals surface area contributed by atoms with Crippen LogP contribution in [0.25, 0.3) is 10.2 Å². The number of carbonyl (C=O) groups is 2. The van der Waals surface area contributed by atoms with E-state index in [0.29, 0.717) is 18.0 Å². The summed E-state index contributed by atoms with van der Waals surface area (Å²) in [6.07, 6.45) is 2.11. The summed E-state index contributed by atoms with van der Waals surface area (Å²) in [4.78, 5) is 27.2. The summed E-state index contributed by atoms with van der Waals surface area (Å²) >= 11 is 1.44. The highest BCUT2D eigenvalue weighted by Crippen LogP contribution is 2.27. The minimum atomic E-state index is -0.124. The predicted octanol–water partition coefficient (Wildman–Crippen LogP) is 3.10. The lowest BCUT2D eigenvalue weighted by Crippen LogP contribution is -2.31. The molecule has 0 saturated carbocycles. The fourth-order valence-corrected chi connectivity index (χ4v) is 3.01. The lowest BCUT2D eigenvalue weighted by atomic mass is 10.1. The third-order valence-corrected chi connectivity index (χ3v) is 4.33. The number of nitrogens with one attached hydrogen (secondary N) is 2. The van der Waals surface area contributed by atoms with Crippen LogP contribution in [0.15, 0.2) is 18.2 Å². The van der Waals surface area contributed by atoms with Crippen LogP contribution in [0.3, 0.4) is 0 Å². The largest absolute Gasteiger partial charge is 0.354 e. The molecule has 2 aromatic rings.